The zero-order chi connectivity index (χ0) is 11.6. The molecule has 15 heavy (non-hydrogen) atoms. The summed E-state index contributed by atoms with van der Waals surface area (Å²) < 4.78 is 22.7. The summed E-state index contributed by atoms with van der Waals surface area (Å²) in [7, 11) is 0.321. The van der Waals surface area contributed by atoms with E-state index in [1.807, 2.05) is 0 Å². The van der Waals surface area contributed by atoms with Crippen molar-refractivity contribution in [2.45, 2.75) is 4.90 Å². The third-order valence-corrected chi connectivity index (χ3v) is 2.96. The van der Waals surface area contributed by atoms with Gasteiger partial charge in [0.15, 0.2) is 9.84 Å². The normalized spacial score (nSPS) is 11.7. The number of hydrazine groups is 1. The predicted molar refractivity (Wildman–Crippen MR) is 61.3 cm³/mol. The Balaban J connectivity index is 3.24. The zero-order valence-corrected chi connectivity index (χ0v) is 9.80. The molecule has 0 fully saturated rings. The van der Waals surface area contributed by atoms with Crippen molar-refractivity contribution in [2.24, 2.45) is 0 Å². The van der Waals surface area contributed by atoms with Crippen LogP contribution in [0.25, 0.3) is 0 Å². The molecule has 0 aliphatic carbocycles. The van der Waals surface area contributed by atoms with Gasteiger partial charge in [-0.2, -0.15) is 0 Å². The molecule has 0 aromatic heterocycles. The number of nitrogen functional groups attached to an aromatic ring is 1. The van der Waals surface area contributed by atoms with Crippen molar-refractivity contribution in [3.63, 3.8) is 0 Å². The van der Waals surface area contributed by atoms with Gasteiger partial charge >= 0.3 is 0 Å². The largest absolute Gasteiger partial charge is 0.396 e. The molecular formula is C9H15N3O2S. The summed E-state index contributed by atoms with van der Waals surface area (Å²) in [6, 6.07) is 4.87. The van der Waals surface area contributed by atoms with Gasteiger partial charge < -0.3 is 11.2 Å². The number of benzene rings is 1. The van der Waals surface area contributed by atoms with Crippen molar-refractivity contribution >= 4 is 21.2 Å². The molecule has 1 aromatic rings. The number of nitrogens with one attached hydrogen (secondary N) is 1. The molecule has 0 atom stereocenters. The van der Waals surface area contributed by atoms with Gasteiger partial charge in [0.25, 0.3) is 0 Å². The summed E-state index contributed by atoms with van der Waals surface area (Å²) in [5.74, 6) is 0. The van der Waals surface area contributed by atoms with Gasteiger partial charge in [-0.05, 0) is 12.1 Å². The summed E-state index contributed by atoms with van der Waals surface area (Å²) in [6.07, 6.45) is 1.14. The monoisotopic (exact) mass is 229 g/mol. The quantitative estimate of drug-likeness (QED) is 0.585. The van der Waals surface area contributed by atoms with Crippen LogP contribution in [0.3, 0.4) is 0 Å². The van der Waals surface area contributed by atoms with Gasteiger partial charge in [-0.3, -0.25) is 0 Å². The first-order chi connectivity index (χ1) is 6.82. The Hall–Kier alpha value is -1.27. The third kappa shape index (κ3) is 2.84. The summed E-state index contributed by atoms with van der Waals surface area (Å²) in [4.78, 5) is 0.148. The van der Waals surface area contributed by atoms with Crippen LogP contribution in [0.5, 0.6) is 0 Å². The number of para-hydroxylation sites is 1. The topological polar surface area (TPSA) is 75.4 Å². The van der Waals surface area contributed by atoms with Gasteiger partial charge in [-0.1, -0.05) is 6.07 Å². The van der Waals surface area contributed by atoms with E-state index < -0.39 is 9.84 Å². The highest BCUT2D eigenvalue weighted by Gasteiger charge is 2.13. The molecule has 0 aliphatic heterocycles. The number of anilines is 2. The summed E-state index contributed by atoms with van der Waals surface area (Å²) in [6.45, 7) is 0. The maximum absolute atomic E-state index is 11.4. The Bertz CT molecular complexity index is 454. The van der Waals surface area contributed by atoms with E-state index in [1.54, 1.807) is 31.2 Å². The van der Waals surface area contributed by atoms with Crippen LogP contribution in [0.2, 0.25) is 0 Å². The van der Waals surface area contributed by atoms with E-state index in [4.69, 9.17) is 5.73 Å². The zero-order valence-electron chi connectivity index (χ0n) is 8.98. The van der Waals surface area contributed by atoms with Gasteiger partial charge in [0.05, 0.1) is 16.3 Å². The fourth-order valence-corrected chi connectivity index (χ4v) is 2.04. The van der Waals surface area contributed by atoms with Crippen LogP contribution in [0.1, 0.15) is 0 Å². The van der Waals surface area contributed by atoms with Crippen LogP contribution in [0.15, 0.2) is 23.1 Å². The van der Waals surface area contributed by atoms with E-state index in [2.05, 4.69) is 5.43 Å². The number of rotatable bonds is 3. The standard InChI is InChI=1S/C9H15N3O2S/c1-12(2)11-7-5-4-6-8(9(7)10)15(3,13)14/h4-6,11H,10H2,1-3H3. The molecule has 0 amide bonds. The van der Waals surface area contributed by atoms with Gasteiger partial charge in [0.2, 0.25) is 0 Å². The van der Waals surface area contributed by atoms with E-state index in [0.717, 1.165) is 6.26 Å². The number of nitrogens with two attached hydrogens (primary N) is 1. The average molecular weight is 229 g/mol. The van der Waals surface area contributed by atoms with Crippen molar-refractivity contribution in [1.82, 2.24) is 5.01 Å². The highest BCUT2D eigenvalue weighted by atomic mass is 32.2. The van der Waals surface area contributed by atoms with Crippen LogP contribution in [0.4, 0.5) is 11.4 Å². The molecule has 0 radical (unpaired) electrons. The molecule has 0 heterocycles. The minimum Gasteiger partial charge on any atom is -0.396 e. The summed E-state index contributed by atoms with van der Waals surface area (Å²) in [5, 5.41) is 1.69. The van der Waals surface area contributed by atoms with Gasteiger partial charge in [0.1, 0.15) is 0 Å². The SMILES string of the molecule is CN(C)Nc1cccc(S(C)(=O)=O)c1N. The molecule has 1 aromatic carbocycles. The van der Waals surface area contributed by atoms with Crippen molar-refractivity contribution in [2.75, 3.05) is 31.5 Å². The minimum atomic E-state index is -3.28. The lowest BCUT2D eigenvalue weighted by Crippen LogP contribution is -2.21. The van der Waals surface area contributed by atoms with E-state index in [-0.39, 0.29) is 10.6 Å². The lowest BCUT2D eigenvalue weighted by atomic mass is 10.3. The Morgan fingerprint density at radius 1 is 1.33 bits per heavy atom. The molecule has 0 bridgehead atoms. The minimum absolute atomic E-state index is 0.148. The van der Waals surface area contributed by atoms with Gasteiger partial charge in [0, 0.05) is 20.4 Å². The maximum atomic E-state index is 11.4. The number of hydrogen-bond donors (Lipinski definition) is 2. The molecule has 0 aliphatic rings. The first-order valence-corrected chi connectivity index (χ1v) is 6.24. The molecule has 0 spiro atoms. The van der Waals surface area contributed by atoms with E-state index in [9.17, 15) is 8.42 Å². The first-order valence-electron chi connectivity index (χ1n) is 4.35. The highest BCUT2D eigenvalue weighted by molar-refractivity contribution is 7.90. The van der Waals surface area contributed by atoms with Gasteiger partial charge in [-0.15, -0.1) is 0 Å². The Morgan fingerprint density at radius 2 is 1.93 bits per heavy atom. The van der Waals surface area contributed by atoms with E-state index in [0.29, 0.717) is 5.69 Å². The first kappa shape index (κ1) is 11.8. The second kappa shape index (κ2) is 4.08. The van der Waals surface area contributed by atoms with Crippen molar-refractivity contribution < 1.29 is 8.42 Å². The van der Waals surface area contributed by atoms with E-state index in [1.165, 1.54) is 6.07 Å². The molecule has 0 saturated heterocycles. The second-order valence-electron chi connectivity index (χ2n) is 3.50. The smallest absolute Gasteiger partial charge is 0.177 e. The lowest BCUT2D eigenvalue weighted by Gasteiger charge is -2.16. The lowest BCUT2D eigenvalue weighted by molar-refractivity contribution is 0.495. The molecule has 3 N–H and O–H groups in total. The fraction of sp³-hybridized carbons (Fsp3) is 0.333. The Morgan fingerprint density at radius 3 is 2.40 bits per heavy atom. The molecule has 0 unspecified atom stereocenters. The maximum Gasteiger partial charge on any atom is 0.177 e. The summed E-state index contributed by atoms with van der Waals surface area (Å²) >= 11 is 0. The van der Waals surface area contributed by atoms with Crippen LogP contribution >= 0.6 is 0 Å². The van der Waals surface area contributed by atoms with Crippen molar-refractivity contribution in [3.8, 4) is 0 Å². The average Bonchev–Trinajstić information content (AvgIpc) is 2.05. The summed E-state index contributed by atoms with van der Waals surface area (Å²) in [5.41, 5.74) is 9.51. The second-order valence-corrected chi connectivity index (χ2v) is 5.48. The number of hydrogen-bond acceptors (Lipinski definition) is 5. The molecule has 1 rings (SSSR count). The molecule has 6 heteroatoms. The Kier molecular flexibility index (Phi) is 3.21. The molecule has 84 valence electrons. The van der Waals surface area contributed by atoms with Gasteiger partial charge in [-0.25, -0.2) is 13.4 Å². The number of sulfone groups is 1. The molecule has 5 nitrogen and oxygen atoms in total. The van der Waals surface area contributed by atoms with Crippen LogP contribution in [-0.4, -0.2) is 33.8 Å². The van der Waals surface area contributed by atoms with Crippen molar-refractivity contribution in [1.29, 1.82) is 0 Å². The molecule has 0 saturated carbocycles. The third-order valence-electron chi connectivity index (χ3n) is 1.81. The van der Waals surface area contributed by atoms with Crippen LogP contribution in [0, 0.1) is 0 Å². The molecular weight excluding hydrogens is 214 g/mol. The fourth-order valence-electron chi connectivity index (χ4n) is 1.21. The van der Waals surface area contributed by atoms with E-state index >= 15 is 0 Å². The number of nitrogens with zero attached hydrogens (tertiary/aromatic N) is 1. The highest BCUT2D eigenvalue weighted by Crippen LogP contribution is 2.26. The Labute approximate surface area is 89.8 Å². The van der Waals surface area contributed by atoms with Crippen LogP contribution in [-0.2, 0) is 9.84 Å². The van der Waals surface area contributed by atoms with Crippen molar-refractivity contribution in [3.05, 3.63) is 18.2 Å². The van der Waals surface area contributed by atoms with Crippen LogP contribution < -0.4 is 11.2 Å². The predicted octanol–water partition coefficient (Wildman–Crippen LogP) is 0.561.